The Morgan fingerprint density at radius 2 is 2.19 bits per heavy atom. The molecule has 3 rings (SSSR count). The fourth-order valence-electron chi connectivity index (χ4n) is 2.10. The second-order valence-corrected chi connectivity index (χ2v) is 6.14. The molecule has 0 aliphatic heterocycles. The van der Waals surface area contributed by atoms with Crippen molar-refractivity contribution in [2.24, 2.45) is 0 Å². The van der Waals surface area contributed by atoms with Gasteiger partial charge >= 0.3 is 0 Å². The summed E-state index contributed by atoms with van der Waals surface area (Å²) in [6, 6.07) is 8.27. The van der Waals surface area contributed by atoms with E-state index < -0.39 is 0 Å². The number of nitrogens with one attached hydrogen (secondary N) is 1. The Morgan fingerprint density at radius 3 is 2.86 bits per heavy atom. The van der Waals surface area contributed by atoms with E-state index in [-0.39, 0.29) is 0 Å². The summed E-state index contributed by atoms with van der Waals surface area (Å²) in [5, 5.41) is 12.0. The third kappa shape index (κ3) is 3.24. The van der Waals surface area contributed by atoms with Gasteiger partial charge in [0.15, 0.2) is 5.11 Å². The first-order valence-corrected chi connectivity index (χ1v) is 7.95. The molecular weight excluding hydrogens is 352 g/mol. The summed E-state index contributed by atoms with van der Waals surface area (Å²) in [6.45, 7) is 0.543. The summed E-state index contributed by atoms with van der Waals surface area (Å²) < 4.78 is 6.71. The molecular formula is C14H15BrN4OS. The minimum Gasteiger partial charge on any atom is -0.419 e. The number of hydrogen-bond donors (Lipinski definition) is 1. The summed E-state index contributed by atoms with van der Waals surface area (Å²) in [6.07, 6.45) is 2.32. The molecule has 21 heavy (non-hydrogen) atoms. The minimum atomic E-state index is 0.490. The number of halogens is 1. The smallest absolute Gasteiger partial charge is 0.248 e. The van der Waals surface area contributed by atoms with Crippen LogP contribution in [0.1, 0.15) is 18.7 Å². The number of aromatic nitrogens is 2. The monoisotopic (exact) mass is 366 g/mol. The van der Waals surface area contributed by atoms with Crippen LogP contribution in [-0.4, -0.2) is 33.3 Å². The van der Waals surface area contributed by atoms with Crippen LogP contribution < -0.4 is 5.32 Å². The van der Waals surface area contributed by atoms with Crippen LogP contribution in [0.2, 0.25) is 0 Å². The Kier molecular flexibility index (Phi) is 4.21. The van der Waals surface area contributed by atoms with E-state index in [2.05, 4.69) is 36.3 Å². The number of benzene rings is 1. The summed E-state index contributed by atoms with van der Waals surface area (Å²) in [4.78, 5) is 2.10. The van der Waals surface area contributed by atoms with Gasteiger partial charge in [0.1, 0.15) is 0 Å². The summed E-state index contributed by atoms with van der Waals surface area (Å²) in [7, 11) is 1.83. The van der Waals surface area contributed by atoms with Crippen molar-refractivity contribution in [3.05, 3.63) is 34.6 Å². The third-order valence-corrected chi connectivity index (χ3v) is 4.47. The van der Waals surface area contributed by atoms with Gasteiger partial charge in [0.2, 0.25) is 11.8 Å². The van der Waals surface area contributed by atoms with Gasteiger partial charge in [0.05, 0.1) is 12.1 Å². The molecule has 0 atom stereocenters. The zero-order valence-corrected chi connectivity index (χ0v) is 13.9. The maximum Gasteiger partial charge on any atom is 0.248 e. The first-order chi connectivity index (χ1) is 10.2. The van der Waals surface area contributed by atoms with Gasteiger partial charge in [-0.05, 0) is 53.1 Å². The van der Waals surface area contributed by atoms with Crippen molar-refractivity contribution in [2.75, 3.05) is 7.05 Å². The Labute approximate surface area is 136 Å². The predicted octanol–water partition coefficient (Wildman–Crippen LogP) is 2.97. The highest BCUT2D eigenvalue weighted by Gasteiger charge is 2.31. The van der Waals surface area contributed by atoms with Gasteiger partial charge in [-0.2, -0.15) is 0 Å². The van der Waals surface area contributed by atoms with Gasteiger partial charge in [-0.3, -0.25) is 0 Å². The Hall–Kier alpha value is -1.47. The van der Waals surface area contributed by atoms with Crippen LogP contribution in [0.5, 0.6) is 0 Å². The molecule has 0 bridgehead atoms. The Bertz CT molecular complexity index is 656. The van der Waals surface area contributed by atoms with Crippen molar-refractivity contribution in [3.8, 4) is 11.5 Å². The van der Waals surface area contributed by atoms with E-state index in [1.165, 1.54) is 0 Å². The van der Waals surface area contributed by atoms with Crippen molar-refractivity contribution < 1.29 is 4.42 Å². The lowest BCUT2D eigenvalue weighted by atomic mass is 10.2. The summed E-state index contributed by atoms with van der Waals surface area (Å²) >= 11 is 8.82. The molecule has 1 fully saturated rings. The zero-order valence-electron chi connectivity index (χ0n) is 11.5. The molecule has 5 nitrogen and oxygen atoms in total. The number of rotatable bonds is 4. The third-order valence-electron chi connectivity index (χ3n) is 3.34. The molecule has 1 heterocycles. The molecule has 1 N–H and O–H groups in total. The first-order valence-electron chi connectivity index (χ1n) is 6.74. The average molecular weight is 367 g/mol. The van der Waals surface area contributed by atoms with E-state index >= 15 is 0 Å². The number of thiocarbonyl (C=S) groups is 1. The molecule has 0 amide bonds. The van der Waals surface area contributed by atoms with Crippen LogP contribution in [0.15, 0.2) is 33.2 Å². The highest BCUT2D eigenvalue weighted by atomic mass is 79.9. The van der Waals surface area contributed by atoms with Crippen molar-refractivity contribution in [3.63, 3.8) is 0 Å². The second-order valence-electron chi connectivity index (χ2n) is 4.90. The molecule has 110 valence electrons. The van der Waals surface area contributed by atoms with E-state index in [0.29, 0.717) is 24.4 Å². The van der Waals surface area contributed by atoms with Gasteiger partial charge in [0.25, 0.3) is 0 Å². The Balaban J connectivity index is 1.79. The number of hydrogen-bond acceptors (Lipinski definition) is 4. The van der Waals surface area contributed by atoms with Crippen molar-refractivity contribution in [2.45, 2.75) is 25.4 Å². The summed E-state index contributed by atoms with van der Waals surface area (Å²) in [5.41, 5.74) is 0.894. The highest BCUT2D eigenvalue weighted by molar-refractivity contribution is 9.10. The van der Waals surface area contributed by atoms with Crippen molar-refractivity contribution in [1.82, 2.24) is 20.4 Å². The van der Waals surface area contributed by atoms with Crippen LogP contribution in [0.4, 0.5) is 0 Å². The van der Waals surface area contributed by atoms with E-state index in [9.17, 15) is 0 Å². The normalized spacial score (nSPS) is 14.0. The van der Waals surface area contributed by atoms with Gasteiger partial charge in [-0.25, -0.2) is 0 Å². The van der Waals surface area contributed by atoms with Crippen molar-refractivity contribution >= 4 is 33.3 Å². The maximum atomic E-state index is 5.77. The maximum absolute atomic E-state index is 5.77. The van der Waals surface area contributed by atoms with Gasteiger partial charge in [0, 0.05) is 17.6 Å². The fraction of sp³-hybridized carbons (Fsp3) is 0.357. The van der Waals surface area contributed by atoms with Crippen LogP contribution in [0, 0.1) is 0 Å². The predicted molar refractivity (Wildman–Crippen MR) is 87.7 cm³/mol. The van der Waals surface area contributed by atoms with Crippen LogP contribution in [0.3, 0.4) is 0 Å². The zero-order chi connectivity index (χ0) is 14.8. The first kappa shape index (κ1) is 14.5. The topological polar surface area (TPSA) is 54.2 Å². The highest BCUT2D eigenvalue weighted by Crippen LogP contribution is 2.30. The fourth-order valence-corrected chi connectivity index (χ4v) is 2.77. The second kappa shape index (κ2) is 6.11. The van der Waals surface area contributed by atoms with E-state index in [1.807, 2.05) is 31.3 Å². The van der Waals surface area contributed by atoms with Gasteiger partial charge in [-0.1, -0.05) is 12.1 Å². The van der Waals surface area contributed by atoms with Crippen LogP contribution in [-0.2, 0) is 6.54 Å². The lowest BCUT2D eigenvalue weighted by Gasteiger charge is -2.22. The Morgan fingerprint density at radius 1 is 1.43 bits per heavy atom. The van der Waals surface area contributed by atoms with E-state index in [1.54, 1.807) is 0 Å². The molecule has 1 aromatic carbocycles. The molecule has 2 aromatic rings. The molecule has 0 radical (unpaired) electrons. The molecule has 1 aliphatic rings. The molecule has 0 spiro atoms. The quantitative estimate of drug-likeness (QED) is 0.839. The minimum absolute atomic E-state index is 0.490. The van der Waals surface area contributed by atoms with Crippen LogP contribution in [0.25, 0.3) is 11.5 Å². The standard InChI is InChI=1S/C14H15BrN4OS/c1-16-14(21)19(9-6-7-9)8-12-17-18-13(20-12)10-4-2-3-5-11(10)15/h2-5,9H,6-8H2,1H3,(H,16,21). The molecule has 1 aromatic heterocycles. The van der Waals surface area contributed by atoms with E-state index in [4.69, 9.17) is 16.6 Å². The van der Waals surface area contributed by atoms with Crippen LogP contribution >= 0.6 is 28.1 Å². The van der Waals surface area contributed by atoms with Gasteiger partial charge < -0.3 is 14.6 Å². The SMILES string of the molecule is CNC(=S)N(Cc1nnc(-c2ccccc2Br)o1)C1CC1. The molecule has 1 saturated carbocycles. The lowest BCUT2D eigenvalue weighted by Crippen LogP contribution is -2.38. The number of nitrogens with zero attached hydrogens (tertiary/aromatic N) is 3. The molecule has 0 saturated heterocycles. The van der Waals surface area contributed by atoms with E-state index in [0.717, 1.165) is 28.0 Å². The molecule has 7 heteroatoms. The van der Waals surface area contributed by atoms with Crippen molar-refractivity contribution in [1.29, 1.82) is 0 Å². The lowest BCUT2D eigenvalue weighted by molar-refractivity contribution is 0.345. The molecule has 1 aliphatic carbocycles. The van der Waals surface area contributed by atoms with Gasteiger partial charge in [-0.15, -0.1) is 10.2 Å². The largest absolute Gasteiger partial charge is 0.419 e. The average Bonchev–Trinajstić information content (AvgIpc) is 3.23. The summed E-state index contributed by atoms with van der Waals surface area (Å²) in [5.74, 6) is 1.09. The molecule has 0 unspecified atom stereocenters.